The minimum atomic E-state index is -0.590. The fraction of sp³-hybridized carbons (Fsp3) is 0.353. The van der Waals surface area contributed by atoms with Gasteiger partial charge in [-0.1, -0.05) is 0 Å². The van der Waals surface area contributed by atoms with Crippen LogP contribution in [0.3, 0.4) is 0 Å². The molecule has 0 fully saturated rings. The summed E-state index contributed by atoms with van der Waals surface area (Å²) < 4.78 is 27.5. The van der Waals surface area contributed by atoms with E-state index in [4.69, 9.17) is 0 Å². The summed E-state index contributed by atoms with van der Waals surface area (Å²) in [5, 5.41) is 3.97. The predicted octanol–water partition coefficient (Wildman–Crippen LogP) is 3.44. The van der Waals surface area contributed by atoms with Crippen molar-refractivity contribution in [3.63, 3.8) is 0 Å². The standard InChI is InChI=1S/C17H18F2N2OS/c1-20(9-12-4-6-23-11-12)16(22)10-21-5-2-3-13-7-14(18)8-15(19)17(13)21/h4,6-8,11H,2-3,5,9-10H2,1H3. The van der Waals surface area contributed by atoms with Crippen molar-refractivity contribution in [3.05, 3.63) is 51.7 Å². The Labute approximate surface area is 138 Å². The van der Waals surface area contributed by atoms with Crippen LogP contribution in [-0.2, 0) is 17.8 Å². The number of likely N-dealkylation sites (N-methyl/N-ethyl adjacent to an activating group) is 1. The van der Waals surface area contributed by atoms with E-state index in [-0.39, 0.29) is 12.5 Å². The summed E-state index contributed by atoms with van der Waals surface area (Å²) in [5.41, 5.74) is 2.09. The third-order valence-corrected chi connectivity index (χ3v) is 4.78. The predicted molar refractivity (Wildman–Crippen MR) is 87.7 cm³/mol. The quantitative estimate of drug-likeness (QED) is 0.854. The second kappa shape index (κ2) is 6.66. The molecule has 0 N–H and O–H groups in total. The monoisotopic (exact) mass is 336 g/mol. The average molecular weight is 336 g/mol. The second-order valence-electron chi connectivity index (χ2n) is 5.80. The van der Waals surface area contributed by atoms with E-state index in [0.717, 1.165) is 18.1 Å². The van der Waals surface area contributed by atoms with Crippen molar-refractivity contribution in [2.75, 3.05) is 25.0 Å². The fourth-order valence-corrected chi connectivity index (χ4v) is 3.58. The first-order valence-corrected chi connectivity index (χ1v) is 8.47. The summed E-state index contributed by atoms with van der Waals surface area (Å²) >= 11 is 1.59. The number of carbonyl (C=O) groups excluding carboxylic acids is 1. The molecule has 0 aliphatic carbocycles. The largest absolute Gasteiger partial charge is 0.360 e. The van der Waals surface area contributed by atoms with Gasteiger partial charge in [-0.25, -0.2) is 8.78 Å². The van der Waals surface area contributed by atoms with Crippen molar-refractivity contribution in [3.8, 4) is 0 Å². The summed E-state index contributed by atoms with van der Waals surface area (Å²) in [6.07, 6.45) is 1.43. The van der Waals surface area contributed by atoms with E-state index in [0.29, 0.717) is 30.8 Å². The number of halogens is 2. The molecule has 1 aromatic carbocycles. The molecule has 0 spiro atoms. The summed E-state index contributed by atoms with van der Waals surface area (Å²) in [4.78, 5) is 15.8. The normalized spacial score (nSPS) is 13.8. The average Bonchev–Trinajstić information content (AvgIpc) is 2.99. The Balaban J connectivity index is 1.73. The first kappa shape index (κ1) is 15.9. The molecular formula is C17H18F2N2OS. The van der Waals surface area contributed by atoms with Gasteiger partial charge in [0.05, 0.1) is 12.2 Å². The number of thiophene rings is 1. The van der Waals surface area contributed by atoms with E-state index in [2.05, 4.69) is 0 Å². The highest BCUT2D eigenvalue weighted by Crippen LogP contribution is 2.30. The topological polar surface area (TPSA) is 23.6 Å². The van der Waals surface area contributed by atoms with Gasteiger partial charge < -0.3 is 9.80 Å². The lowest BCUT2D eigenvalue weighted by Crippen LogP contribution is -2.41. The van der Waals surface area contributed by atoms with Crippen LogP contribution in [0.15, 0.2) is 29.0 Å². The molecule has 3 rings (SSSR count). The maximum atomic E-state index is 14.1. The van der Waals surface area contributed by atoms with E-state index < -0.39 is 11.6 Å². The van der Waals surface area contributed by atoms with Crippen LogP contribution in [0.4, 0.5) is 14.5 Å². The number of hydrogen-bond acceptors (Lipinski definition) is 3. The highest BCUT2D eigenvalue weighted by Gasteiger charge is 2.24. The molecular weight excluding hydrogens is 318 g/mol. The van der Waals surface area contributed by atoms with E-state index in [9.17, 15) is 13.6 Å². The van der Waals surface area contributed by atoms with Gasteiger partial charge in [0.2, 0.25) is 5.91 Å². The van der Waals surface area contributed by atoms with Gasteiger partial charge in [-0.2, -0.15) is 11.3 Å². The van der Waals surface area contributed by atoms with Gasteiger partial charge in [0.25, 0.3) is 0 Å². The van der Waals surface area contributed by atoms with Gasteiger partial charge in [0.15, 0.2) is 0 Å². The summed E-state index contributed by atoms with van der Waals surface area (Å²) in [6.45, 7) is 1.25. The van der Waals surface area contributed by atoms with Crippen LogP contribution in [0.2, 0.25) is 0 Å². The molecule has 0 radical (unpaired) electrons. The van der Waals surface area contributed by atoms with Gasteiger partial charge in [-0.3, -0.25) is 4.79 Å². The maximum absolute atomic E-state index is 14.1. The highest BCUT2D eigenvalue weighted by atomic mass is 32.1. The Bertz CT molecular complexity index is 703. The van der Waals surface area contributed by atoms with Crippen LogP contribution in [0, 0.1) is 11.6 Å². The molecule has 3 nitrogen and oxygen atoms in total. The Morgan fingerprint density at radius 2 is 2.22 bits per heavy atom. The van der Waals surface area contributed by atoms with E-state index in [1.807, 2.05) is 16.8 Å². The van der Waals surface area contributed by atoms with Crippen molar-refractivity contribution in [2.45, 2.75) is 19.4 Å². The number of nitrogens with zero attached hydrogens (tertiary/aromatic N) is 2. The molecule has 2 heterocycles. The van der Waals surface area contributed by atoms with Gasteiger partial charge in [-0.15, -0.1) is 0 Å². The van der Waals surface area contributed by atoms with Crippen molar-refractivity contribution in [2.24, 2.45) is 0 Å². The van der Waals surface area contributed by atoms with Crippen molar-refractivity contribution < 1.29 is 13.6 Å². The molecule has 1 amide bonds. The Morgan fingerprint density at radius 1 is 1.39 bits per heavy atom. The zero-order valence-corrected chi connectivity index (χ0v) is 13.7. The number of aryl methyl sites for hydroxylation is 1. The molecule has 1 aliphatic rings. The number of fused-ring (bicyclic) bond motifs is 1. The molecule has 6 heteroatoms. The summed E-state index contributed by atoms with van der Waals surface area (Å²) in [6, 6.07) is 4.23. The Hall–Kier alpha value is -1.95. The minimum Gasteiger partial charge on any atom is -0.360 e. The van der Waals surface area contributed by atoms with Crippen LogP contribution in [0.5, 0.6) is 0 Å². The lowest BCUT2D eigenvalue weighted by molar-refractivity contribution is -0.128. The van der Waals surface area contributed by atoms with Crippen LogP contribution in [0.25, 0.3) is 0 Å². The third kappa shape index (κ3) is 3.52. The van der Waals surface area contributed by atoms with Crippen molar-refractivity contribution in [1.29, 1.82) is 0 Å². The lowest BCUT2D eigenvalue weighted by Gasteiger charge is -2.32. The molecule has 0 saturated heterocycles. The zero-order chi connectivity index (χ0) is 16.4. The number of amides is 1. The van der Waals surface area contributed by atoms with Gasteiger partial charge in [0.1, 0.15) is 11.6 Å². The fourth-order valence-electron chi connectivity index (χ4n) is 2.92. The SMILES string of the molecule is CN(Cc1ccsc1)C(=O)CN1CCCc2cc(F)cc(F)c21. The third-order valence-electron chi connectivity index (χ3n) is 4.05. The van der Waals surface area contributed by atoms with Crippen molar-refractivity contribution in [1.82, 2.24) is 4.90 Å². The minimum absolute atomic E-state index is 0.0761. The lowest BCUT2D eigenvalue weighted by atomic mass is 10.0. The van der Waals surface area contributed by atoms with Gasteiger partial charge >= 0.3 is 0 Å². The zero-order valence-electron chi connectivity index (χ0n) is 12.9. The van der Waals surface area contributed by atoms with E-state index in [1.165, 1.54) is 6.07 Å². The first-order valence-electron chi connectivity index (χ1n) is 7.52. The van der Waals surface area contributed by atoms with Gasteiger partial charge in [-0.05, 0) is 46.9 Å². The Morgan fingerprint density at radius 3 is 2.96 bits per heavy atom. The van der Waals surface area contributed by atoms with E-state index >= 15 is 0 Å². The van der Waals surface area contributed by atoms with Crippen LogP contribution >= 0.6 is 11.3 Å². The Kier molecular flexibility index (Phi) is 4.61. The molecule has 122 valence electrons. The second-order valence-corrected chi connectivity index (χ2v) is 6.58. The highest BCUT2D eigenvalue weighted by molar-refractivity contribution is 7.07. The number of benzene rings is 1. The number of hydrogen-bond donors (Lipinski definition) is 0. The van der Waals surface area contributed by atoms with Crippen LogP contribution in [-0.4, -0.2) is 30.9 Å². The smallest absolute Gasteiger partial charge is 0.242 e. The first-order chi connectivity index (χ1) is 11.0. The maximum Gasteiger partial charge on any atom is 0.242 e. The molecule has 0 bridgehead atoms. The summed E-state index contributed by atoms with van der Waals surface area (Å²) in [5.74, 6) is -1.23. The number of anilines is 1. The molecule has 0 saturated carbocycles. The molecule has 23 heavy (non-hydrogen) atoms. The molecule has 1 aliphatic heterocycles. The molecule has 1 aromatic heterocycles. The molecule has 0 atom stereocenters. The number of carbonyl (C=O) groups is 1. The summed E-state index contributed by atoms with van der Waals surface area (Å²) in [7, 11) is 1.74. The van der Waals surface area contributed by atoms with Crippen molar-refractivity contribution >= 4 is 22.9 Å². The van der Waals surface area contributed by atoms with Gasteiger partial charge in [0, 0.05) is 26.2 Å². The number of rotatable bonds is 4. The van der Waals surface area contributed by atoms with Crippen LogP contribution < -0.4 is 4.90 Å². The molecule has 2 aromatic rings. The van der Waals surface area contributed by atoms with E-state index in [1.54, 1.807) is 28.2 Å². The molecule has 0 unspecified atom stereocenters. The van der Waals surface area contributed by atoms with Crippen LogP contribution in [0.1, 0.15) is 17.5 Å².